The van der Waals surface area contributed by atoms with Crippen molar-refractivity contribution in [2.24, 2.45) is 0 Å². The van der Waals surface area contributed by atoms with Crippen LogP contribution in [0.2, 0.25) is 0 Å². The van der Waals surface area contributed by atoms with E-state index in [2.05, 4.69) is 4.74 Å². The van der Waals surface area contributed by atoms with Gasteiger partial charge < -0.3 is 4.74 Å². The van der Waals surface area contributed by atoms with E-state index in [1.54, 1.807) is 30.3 Å². The van der Waals surface area contributed by atoms with Crippen molar-refractivity contribution in [2.75, 3.05) is 7.11 Å². The monoisotopic (exact) mass is 248 g/mol. The quantitative estimate of drug-likeness (QED) is 0.780. The maximum Gasteiger partial charge on any atom is 0.196 e. The number of benzene rings is 2. The Bertz CT molecular complexity index is 580. The Kier molecular flexibility index (Phi) is 3.37. The molecule has 0 bridgehead atoms. The van der Waals surface area contributed by atoms with E-state index < -0.39 is 17.4 Å². The van der Waals surface area contributed by atoms with Crippen LogP contribution in [0.25, 0.3) is 0 Å². The average molecular weight is 248 g/mol. The molecule has 0 radical (unpaired) electrons. The van der Waals surface area contributed by atoms with Crippen molar-refractivity contribution in [3.8, 4) is 5.75 Å². The molecule has 2 aromatic carbocycles. The van der Waals surface area contributed by atoms with Crippen molar-refractivity contribution in [3.05, 3.63) is 65.2 Å². The molecule has 0 aliphatic rings. The smallest absolute Gasteiger partial charge is 0.196 e. The number of methoxy groups -OCH3 is 1. The number of hydrogen-bond donors (Lipinski definition) is 0. The van der Waals surface area contributed by atoms with Gasteiger partial charge in [0.25, 0.3) is 0 Å². The molecule has 0 aliphatic heterocycles. The molecule has 0 aromatic heterocycles. The molecule has 2 nitrogen and oxygen atoms in total. The first-order chi connectivity index (χ1) is 8.63. The zero-order chi connectivity index (χ0) is 13.1. The fraction of sp³-hybridized carbons (Fsp3) is 0.0714. The van der Waals surface area contributed by atoms with Gasteiger partial charge in [-0.3, -0.25) is 4.79 Å². The van der Waals surface area contributed by atoms with Crippen molar-refractivity contribution in [1.29, 1.82) is 0 Å². The molecule has 0 unspecified atom stereocenters. The van der Waals surface area contributed by atoms with Gasteiger partial charge in [-0.25, -0.2) is 8.78 Å². The lowest BCUT2D eigenvalue weighted by Crippen LogP contribution is -2.05. The molecule has 0 saturated heterocycles. The highest BCUT2D eigenvalue weighted by Crippen LogP contribution is 2.23. The molecule has 0 aliphatic carbocycles. The zero-order valence-electron chi connectivity index (χ0n) is 9.61. The third-order valence-electron chi connectivity index (χ3n) is 2.52. The van der Waals surface area contributed by atoms with Crippen molar-refractivity contribution in [2.45, 2.75) is 0 Å². The minimum atomic E-state index is -0.804. The second-order valence-corrected chi connectivity index (χ2v) is 3.66. The van der Waals surface area contributed by atoms with Gasteiger partial charge in [-0.05, 0) is 6.07 Å². The normalized spacial score (nSPS) is 10.2. The van der Waals surface area contributed by atoms with Gasteiger partial charge in [0, 0.05) is 11.6 Å². The number of ketones is 1. The Morgan fingerprint density at radius 2 is 1.72 bits per heavy atom. The summed E-state index contributed by atoms with van der Waals surface area (Å²) < 4.78 is 31.8. The topological polar surface area (TPSA) is 26.3 Å². The minimum absolute atomic E-state index is 0.225. The molecule has 0 atom stereocenters. The van der Waals surface area contributed by atoms with Crippen molar-refractivity contribution in [1.82, 2.24) is 0 Å². The highest BCUT2D eigenvalue weighted by atomic mass is 19.1. The van der Waals surface area contributed by atoms with Crippen LogP contribution in [0, 0.1) is 11.6 Å². The maximum atomic E-state index is 13.7. The van der Waals surface area contributed by atoms with Gasteiger partial charge in [0.1, 0.15) is 5.82 Å². The summed E-state index contributed by atoms with van der Waals surface area (Å²) in [5.74, 6) is -2.35. The van der Waals surface area contributed by atoms with E-state index in [1.807, 2.05) is 0 Å². The summed E-state index contributed by atoms with van der Waals surface area (Å²) in [6.45, 7) is 0. The van der Waals surface area contributed by atoms with E-state index in [0.717, 1.165) is 12.1 Å². The van der Waals surface area contributed by atoms with Crippen molar-refractivity contribution < 1.29 is 18.3 Å². The van der Waals surface area contributed by atoms with Crippen LogP contribution in [0.15, 0.2) is 42.5 Å². The number of rotatable bonds is 3. The van der Waals surface area contributed by atoms with Gasteiger partial charge >= 0.3 is 0 Å². The van der Waals surface area contributed by atoms with Gasteiger partial charge in [0.05, 0.1) is 12.7 Å². The summed E-state index contributed by atoms with van der Waals surface area (Å²) >= 11 is 0. The lowest BCUT2D eigenvalue weighted by molar-refractivity contribution is 0.103. The number of ether oxygens (including phenoxy) is 1. The number of halogens is 2. The van der Waals surface area contributed by atoms with Crippen molar-refractivity contribution >= 4 is 5.78 Å². The molecule has 0 spiro atoms. The fourth-order valence-corrected chi connectivity index (χ4v) is 1.60. The van der Waals surface area contributed by atoms with Crippen LogP contribution in [-0.4, -0.2) is 12.9 Å². The Morgan fingerprint density at radius 3 is 2.33 bits per heavy atom. The van der Waals surface area contributed by atoms with Gasteiger partial charge in [0.2, 0.25) is 0 Å². The Hall–Kier alpha value is -2.23. The molecule has 2 rings (SSSR count). The molecule has 18 heavy (non-hydrogen) atoms. The van der Waals surface area contributed by atoms with Crippen LogP contribution < -0.4 is 4.74 Å². The van der Waals surface area contributed by atoms with Crippen LogP contribution in [0.1, 0.15) is 15.9 Å². The highest BCUT2D eigenvalue weighted by Gasteiger charge is 2.17. The summed E-state index contributed by atoms with van der Waals surface area (Å²) in [6, 6.07) is 9.86. The first-order valence-corrected chi connectivity index (χ1v) is 5.26. The van der Waals surface area contributed by atoms with Gasteiger partial charge in [-0.1, -0.05) is 30.3 Å². The Morgan fingerprint density at radius 1 is 1.06 bits per heavy atom. The zero-order valence-corrected chi connectivity index (χ0v) is 9.61. The molecule has 0 amide bonds. The summed E-state index contributed by atoms with van der Waals surface area (Å²) in [4.78, 5) is 12.0. The predicted octanol–water partition coefficient (Wildman–Crippen LogP) is 3.20. The maximum absolute atomic E-state index is 13.7. The predicted molar refractivity (Wildman–Crippen MR) is 62.8 cm³/mol. The Balaban J connectivity index is 2.46. The lowest BCUT2D eigenvalue weighted by Gasteiger charge is -2.06. The number of carbonyl (C=O) groups is 1. The molecule has 0 fully saturated rings. The standard InChI is InChI=1S/C14H10F2O2/c1-18-13-8-11(15)10(7-12(13)16)14(17)9-5-3-2-4-6-9/h2-8H,1H3. The molecular weight excluding hydrogens is 238 g/mol. The molecule has 2 aromatic rings. The van der Waals surface area contributed by atoms with E-state index in [9.17, 15) is 13.6 Å². The fourth-order valence-electron chi connectivity index (χ4n) is 1.60. The van der Waals surface area contributed by atoms with Gasteiger partial charge in [0.15, 0.2) is 17.3 Å². The molecule has 92 valence electrons. The highest BCUT2D eigenvalue weighted by molar-refractivity contribution is 6.09. The van der Waals surface area contributed by atoms with E-state index in [1.165, 1.54) is 7.11 Å². The van der Waals surface area contributed by atoms with E-state index in [0.29, 0.717) is 5.56 Å². The molecule has 0 heterocycles. The van der Waals surface area contributed by atoms with Crippen LogP contribution in [-0.2, 0) is 0 Å². The first-order valence-electron chi connectivity index (χ1n) is 5.26. The van der Waals surface area contributed by atoms with E-state index >= 15 is 0 Å². The summed E-state index contributed by atoms with van der Waals surface area (Å²) in [5, 5.41) is 0. The Labute approximate surface area is 103 Å². The molecule has 0 saturated carbocycles. The lowest BCUT2D eigenvalue weighted by atomic mass is 10.0. The van der Waals surface area contributed by atoms with Crippen LogP contribution >= 0.6 is 0 Å². The molecule has 4 heteroatoms. The summed E-state index contributed by atoms with van der Waals surface area (Å²) in [5.41, 5.74) is 0.000432. The first kappa shape index (κ1) is 12.2. The van der Waals surface area contributed by atoms with Crippen LogP contribution in [0.3, 0.4) is 0 Å². The number of hydrogen-bond acceptors (Lipinski definition) is 2. The second kappa shape index (κ2) is 4.96. The third kappa shape index (κ3) is 2.22. The minimum Gasteiger partial charge on any atom is -0.494 e. The van der Waals surface area contributed by atoms with E-state index in [4.69, 9.17) is 0 Å². The van der Waals surface area contributed by atoms with Crippen LogP contribution in [0.5, 0.6) is 5.75 Å². The third-order valence-corrected chi connectivity index (χ3v) is 2.52. The van der Waals surface area contributed by atoms with Gasteiger partial charge in [-0.15, -0.1) is 0 Å². The second-order valence-electron chi connectivity index (χ2n) is 3.66. The van der Waals surface area contributed by atoms with E-state index in [-0.39, 0.29) is 11.3 Å². The average Bonchev–Trinajstić information content (AvgIpc) is 2.41. The summed E-state index contributed by atoms with van der Waals surface area (Å²) in [6.07, 6.45) is 0. The van der Waals surface area contributed by atoms with Crippen LogP contribution in [0.4, 0.5) is 8.78 Å². The SMILES string of the molecule is COc1cc(F)c(C(=O)c2ccccc2)cc1F. The molecule has 0 N–H and O–H groups in total. The molecular formula is C14H10F2O2. The van der Waals surface area contributed by atoms with Crippen molar-refractivity contribution in [3.63, 3.8) is 0 Å². The number of carbonyl (C=O) groups excluding carboxylic acids is 1. The summed E-state index contributed by atoms with van der Waals surface area (Å²) in [7, 11) is 1.23. The largest absolute Gasteiger partial charge is 0.494 e. The van der Waals surface area contributed by atoms with Gasteiger partial charge in [-0.2, -0.15) is 0 Å².